The number of aryl methyl sites for hydroxylation is 2. The number of nitrogens with zero attached hydrogens (tertiary/aromatic N) is 4. The summed E-state index contributed by atoms with van der Waals surface area (Å²) in [5.74, 6) is 7.77. The van der Waals surface area contributed by atoms with Gasteiger partial charge in [-0.05, 0) is 43.3 Å². The second-order valence-electron chi connectivity index (χ2n) is 12.1. The van der Waals surface area contributed by atoms with Gasteiger partial charge in [-0.15, -0.1) is 11.3 Å². The van der Waals surface area contributed by atoms with Crippen molar-refractivity contribution in [3.8, 4) is 0 Å². The minimum absolute atomic E-state index is 0.0345. The molecule has 0 radical (unpaired) electrons. The smallest absolute Gasteiger partial charge is 0.220 e. The first-order chi connectivity index (χ1) is 22.9. The van der Waals surface area contributed by atoms with Gasteiger partial charge in [-0.1, -0.05) is 47.0 Å². The molecular weight excluding hydrogens is 695 g/mol. The molecule has 2 saturated heterocycles. The number of benzene rings is 2. The van der Waals surface area contributed by atoms with Crippen LogP contribution in [0.1, 0.15) is 47.9 Å². The number of amides is 1. The van der Waals surface area contributed by atoms with Crippen molar-refractivity contribution < 1.29 is 27.1 Å². The van der Waals surface area contributed by atoms with Crippen LogP contribution in [0, 0.1) is 6.92 Å². The molecule has 48 heavy (non-hydrogen) atoms. The Morgan fingerprint density at radius 3 is 2.56 bits per heavy atom. The van der Waals surface area contributed by atoms with Crippen LogP contribution in [0.2, 0.25) is 10.0 Å². The van der Waals surface area contributed by atoms with Crippen LogP contribution in [-0.2, 0) is 26.1 Å². The third-order valence-electron chi connectivity index (χ3n) is 8.57. The third-order valence-corrected chi connectivity index (χ3v) is 11.2. The Hall–Kier alpha value is -2.88. The molecule has 2 aromatic heterocycles. The molecule has 4 heterocycles. The molecule has 258 valence electrons. The maximum Gasteiger partial charge on any atom is 0.220 e. The van der Waals surface area contributed by atoms with Gasteiger partial charge in [0.05, 0.1) is 51.0 Å². The van der Waals surface area contributed by atoms with Gasteiger partial charge in [0.15, 0.2) is 5.65 Å². The average molecular weight is 736 g/mol. The van der Waals surface area contributed by atoms with Gasteiger partial charge in [-0.2, -0.15) is 5.84 Å². The van der Waals surface area contributed by atoms with Crippen LogP contribution in [0.4, 0.5) is 5.82 Å². The maximum absolute atomic E-state index is 12.5. The first-order valence-corrected chi connectivity index (χ1v) is 18.9. The minimum atomic E-state index is -4.27. The molecule has 6 rings (SSSR count). The summed E-state index contributed by atoms with van der Waals surface area (Å²) in [5, 5.41) is 5.10. The highest BCUT2D eigenvalue weighted by Crippen LogP contribution is 2.38. The summed E-state index contributed by atoms with van der Waals surface area (Å²) >= 11 is 13.9. The molecule has 2 aliphatic heterocycles. The topological polar surface area (TPSA) is 151 Å². The molecular formula is C33H40Cl2N6O5S2. The zero-order valence-corrected chi connectivity index (χ0v) is 29.9. The highest BCUT2D eigenvalue weighted by atomic mass is 35.5. The standard InChI is InChI=1S/C26H32Cl2N6O2S.C7H8O3S/c27-19-5-4-18(17-20(19)28)21-3-1-13-34(21,29)14-2-10-30-24(35)8-9-25-32-26-22(37-25)6-7-23(31-26)33-11-15-36-16-12-33;1-6-2-4-7(5-3-6)11(8,9)10/h4-7,17,21H,1-3,8-16,29H2;2-5H,1H3,(H,8,9,10). The van der Waals surface area contributed by atoms with E-state index in [-0.39, 0.29) is 16.8 Å². The Kier molecular flexibility index (Phi) is 12.3. The summed E-state index contributed by atoms with van der Waals surface area (Å²) in [6.07, 6.45) is 3.92. The highest BCUT2D eigenvalue weighted by Gasteiger charge is 2.40. The number of likely N-dealkylation sites (tertiary alicyclic amines) is 1. The number of hydrogen-bond donors (Lipinski definition) is 2. The lowest BCUT2D eigenvalue weighted by Gasteiger charge is -2.35. The van der Waals surface area contributed by atoms with E-state index in [9.17, 15) is 17.8 Å². The lowest BCUT2D eigenvalue weighted by molar-refractivity contribution is -0.956. The number of morpholine rings is 1. The zero-order chi connectivity index (χ0) is 34.3. The Bertz CT molecular complexity index is 1820. The second kappa shape index (κ2) is 16.2. The fourth-order valence-electron chi connectivity index (χ4n) is 5.99. The molecule has 2 aromatic carbocycles. The van der Waals surface area contributed by atoms with E-state index in [0.717, 1.165) is 91.0 Å². The molecule has 0 bridgehead atoms. The van der Waals surface area contributed by atoms with E-state index in [1.54, 1.807) is 23.5 Å². The molecule has 2 fully saturated rings. The molecule has 3 N–H and O–H groups in total. The number of thiazole rings is 1. The molecule has 2 atom stereocenters. The predicted octanol–water partition coefficient (Wildman–Crippen LogP) is 5.40. The van der Waals surface area contributed by atoms with Crippen molar-refractivity contribution in [1.82, 2.24) is 15.3 Å². The average Bonchev–Trinajstić information content (AvgIpc) is 3.66. The molecule has 15 heteroatoms. The van der Waals surface area contributed by atoms with E-state index in [1.807, 2.05) is 31.2 Å². The quantitative estimate of drug-likeness (QED) is 0.0945. The first-order valence-electron chi connectivity index (χ1n) is 15.9. The number of quaternary nitrogens is 1. The van der Waals surface area contributed by atoms with Crippen molar-refractivity contribution in [2.75, 3.05) is 50.8 Å². The van der Waals surface area contributed by atoms with Crippen molar-refractivity contribution in [3.05, 3.63) is 80.8 Å². The monoisotopic (exact) mass is 734 g/mol. The SMILES string of the molecule is Cc1ccc(S(=O)(=O)[O-])cc1.N[N+]1(CCCNC(=O)CCc2nc3nc(N4CCOCC4)ccc3s2)CCCC1c1ccc(Cl)c(Cl)c1. The summed E-state index contributed by atoms with van der Waals surface area (Å²) in [4.78, 5) is 23.9. The number of nitrogens with two attached hydrogens (primary N) is 1. The molecule has 0 spiro atoms. The van der Waals surface area contributed by atoms with Crippen molar-refractivity contribution in [2.24, 2.45) is 5.84 Å². The summed E-state index contributed by atoms with van der Waals surface area (Å²) in [6, 6.07) is 15.9. The van der Waals surface area contributed by atoms with E-state index < -0.39 is 10.1 Å². The fraction of sp³-hybridized carbons (Fsp3) is 0.424. The molecule has 1 amide bonds. The van der Waals surface area contributed by atoms with Gasteiger partial charge in [0.2, 0.25) is 5.91 Å². The number of carbonyl (C=O) groups is 1. The number of nitrogens with one attached hydrogen (secondary N) is 1. The predicted molar refractivity (Wildman–Crippen MR) is 188 cm³/mol. The number of aromatic nitrogens is 2. The van der Waals surface area contributed by atoms with Gasteiger partial charge in [0.1, 0.15) is 22.0 Å². The molecule has 11 nitrogen and oxygen atoms in total. The Balaban J connectivity index is 0.000000349. The first kappa shape index (κ1) is 36.4. The van der Waals surface area contributed by atoms with Gasteiger partial charge in [-0.3, -0.25) is 4.79 Å². The van der Waals surface area contributed by atoms with E-state index in [0.29, 0.717) is 34.0 Å². The molecule has 0 saturated carbocycles. The Morgan fingerprint density at radius 1 is 1.10 bits per heavy atom. The maximum atomic E-state index is 12.5. The fourth-order valence-corrected chi connectivity index (χ4v) is 7.67. The van der Waals surface area contributed by atoms with E-state index in [4.69, 9.17) is 38.8 Å². The molecule has 2 aliphatic rings. The normalized spacial score (nSPS) is 19.6. The highest BCUT2D eigenvalue weighted by molar-refractivity contribution is 7.85. The van der Waals surface area contributed by atoms with Gasteiger partial charge >= 0.3 is 0 Å². The summed E-state index contributed by atoms with van der Waals surface area (Å²) in [5.41, 5.74) is 2.81. The number of anilines is 1. The summed E-state index contributed by atoms with van der Waals surface area (Å²) in [6.45, 7) is 7.26. The van der Waals surface area contributed by atoms with Crippen LogP contribution in [0.15, 0.2) is 59.5 Å². The molecule has 2 unspecified atom stereocenters. The van der Waals surface area contributed by atoms with Crippen LogP contribution in [0.3, 0.4) is 0 Å². The van der Waals surface area contributed by atoms with Crippen molar-refractivity contribution in [3.63, 3.8) is 0 Å². The lowest BCUT2D eigenvalue weighted by Crippen LogP contribution is -2.54. The van der Waals surface area contributed by atoms with Crippen molar-refractivity contribution >= 4 is 66.7 Å². The number of carbonyl (C=O) groups excluding carboxylic acids is 1. The number of halogens is 2. The lowest BCUT2D eigenvalue weighted by atomic mass is 10.0. The number of pyridine rings is 1. The molecule has 4 aromatic rings. The molecule has 0 aliphatic carbocycles. The van der Waals surface area contributed by atoms with Crippen LogP contribution >= 0.6 is 34.5 Å². The van der Waals surface area contributed by atoms with E-state index in [1.165, 1.54) is 12.1 Å². The van der Waals surface area contributed by atoms with Crippen LogP contribution < -0.4 is 16.1 Å². The van der Waals surface area contributed by atoms with Crippen molar-refractivity contribution in [2.45, 2.75) is 50.0 Å². The second-order valence-corrected chi connectivity index (χ2v) is 15.4. The number of rotatable bonds is 10. The minimum Gasteiger partial charge on any atom is -0.744 e. The zero-order valence-electron chi connectivity index (χ0n) is 26.7. The Morgan fingerprint density at radius 2 is 1.85 bits per heavy atom. The summed E-state index contributed by atoms with van der Waals surface area (Å²) in [7, 11) is -4.27. The van der Waals surface area contributed by atoms with Crippen LogP contribution in [0.25, 0.3) is 10.3 Å². The van der Waals surface area contributed by atoms with E-state index >= 15 is 0 Å². The van der Waals surface area contributed by atoms with Gasteiger partial charge in [0.25, 0.3) is 0 Å². The Labute approximate surface area is 295 Å². The largest absolute Gasteiger partial charge is 0.744 e. The number of fused-ring (bicyclic) bond motifs is 1. The number of hydrogen-bond acceptors (Lipinski definition) is 10. The number of ether oxygens (including phenoxy) is 1. The van der Waals surface area contributed by atoms with Crippen LogP contribution in [0.5, 0.6) is 0 Å². The van der Waals surface area contributed by atoms with Crippen molar-refractivity contribution in [1.29, 1.82) is 0 Å². The van der Waals surface area contributed by atoms with E-state index in [2.05, 4.69) is 21.3 Å². The summed E-state index contributed by atoms with van der Waals surface area (Å²) < 4.78 is 38.1. The third kappa shape index (κ3) is 9.63. The van der Waals surface area contributed by atoms with Crippen LogP contribution in [-0.4, -0.2) is 79.4 Å². The van der Waals surface area contributed by atoms with Gasteiger partial charge in [-0.25, -0.2) is 23.0 Å². The van der Waals surface area contributed by atoms with Gasteiger partial charge < -0.3 is 19.5 Å². The van der Waals surface area contributed by atoms with Gasteiger partial charge in [0, 0.05) is 57.3 Å².